The quantitative estimate of drug-likeness (QED) is 0.724. The van der Waals surface area contributed by atoms with Gasteiger partial charge in [-0.05, 0) is 31.6 Å². The third-order valence-corrected chi connectivity index (χ3v) is 4.07. The van der Waals surface area contributed by atoms with Crippen LogP contribution in [0.4, 0.5) is 0 Å². The zero-order valence-corrected chi connectivity index (χ0v) is 12.8. The number of methoxy groups -OCH3 is 1. The molecule has 0 spiro atoms. The van der Waals surface area contributed by atoms with Crippen molar-refractivity contribution in [3.8, 4) is 0 Å². The number of aromatic nitrogens is 1. The maximum Gasteiger partial charge on any atom is 0.328 e. The lowest BCUT2D eigenvalue weighted by molar-refractivity contribution is -0.131. The molecule has 1 aromatic heterocycles. The molecule has 21 heavy (non-hydrogen) atoms. The van der Waals surface area contributed by atoms with E-state index in [0.717, 1.165) is 6.08 Å². The van der Waals surface area contributed by atoms with Crippen molar-refractivity contribution in [1.29, 1.82) is 0 Å². The van der Waals surface area contributed by atoms with Gasteiger partial charge in [-0.25, -0.2) is 17.9 Å². The maximum absolute atomic E-state index is 12.1. The van der Waals surface area contributed by atoms with E-state index >= 15 is 0 Å². The number of ether oxygens (including phenoxy) is 1. The Morgan fingerprint density at radius 3 is 2.71 bits per heavy atom. The highest BCUT2D eigenvalue weighted by Crippen LogP contribution is 2.13. The number of carboxylic acid groups (broad SMARTS) is 1. The van der Waals surface area contributed by atoms with Crippen LogP contribution >= 0.6 is 0 Å². The molecule has 0 aliphatic carbocycles. The van der Waals surface area contributed by atoms with Crippen molar-refractivity contribution in [3.63, 3.8) is 0 Å². The first-order chi connectivity index (χ1) is 9.66. The van der Waals surface area contributed by atoms with Crippen LogP contribution in [-0.4, -0.2) is 43.7 Å². The van der Waals surface area contributed by atoms with Gasteiger partial charge in [-0.15, -0.1) is 0 Å². The molecule has 116 valence electrons. The summed E-state index contributed by atoms with van der Waals surface area (Å²) in [5, 5.41) is 8.55. The normalized spacial score (nSPS) is 12.7. The van der Waals surface area contributed by atoms with Gasteiger partial charge in [0.25, 0.3) is 0 Å². The van der Waals surface area contributed by atoms with Gasteiger partial charge in [0, 0.05) is 32.1 Å². The molecule has 1 heterocycles. The summed E-state index contributed by atoms with van der Waals surface area (Å²) in [5.74, 6) is -1.12. The van der Waals surface area contributed by atoms with Crippen LogP contribution in [0.5, 0.6) is 0 Å². The number of carbonyl (C=O) groups is 1. The van der Waals surface area contributed by atoms with Crippen molar-refractivity contribution in [3.05, 3.63) is 30.1 Å². The van der Waals surface area contributed by atoms with Crippen LogP contribution in [0.3, 0.4) is 0 Å². The van der Waals surface area contributed by atoms with Crippen molar-refractivity contribution >= 4 is 22.1 Å². The van der Waals surface area contributed by atoms with E-state index in [4.69, 9.17) is 9.84 Å². The lowest BCUT2D eigenvalue weighted by Crippen LogP contribution is -2.39. The Morgan fingerprint density at radius 2 is 2.14 bits per heavy atom. The van der Waals surface area contributed by atoms with Crippen LogP contribution in [0.2, 0.25) is 0 Å². The Hall–Kier alpha value is -1.77. The van der Waals surface area contributed by atoms with Gasteiger partial charge in [0.05, 0.1) is 5.60 Å². The number of aliphatic carboxylic acids is 1. The third-order valence-electron chi connectivity index (χ3n) is 2.70. The SMILES string of the molecule is COC(C)(C)CNS(=O)(=O)c1cncc(/C=C/C(=O)O)c1. The minimum Gasteiger partial charge on any atom is -0.478 e. The van der Waals surface area contributed by atoms with E-state index in [2.05, 4.69) is 9.71 Å². The van der Waals surface area contributed by atoms with Crippen molar-refractivity contribution in [1.82, 2.24) is 9.71 Å². The molecule has 0 saturated heterocycles. The number of hydrogen-bond donors (Lipinski definition) is 2. The summed E-state index contributed by atoms with van der Waals surface area (Å²) in [6.07, 6.45) is 4.75. The fourth-order valence-corrected chi connectivity index (χ4v) is 2.46. The predicted octanol–water partition coefficient (Wildman–Crippen LogP) is 0.883. The molecule has 0 aromatic carbocycles. The molecule has 2 N–H and O–H groups in total. The Kier molecular flexibility index (Phi) is 5.59. The first-order valence-corrected chi connectivity index (χ1v) is 7.55. The second-order valence-electron chi connectivity index (χ2n) is 4.91. The highest BCUT2D eigenvalue weighted by Gasteiger charge is 2.22. The van der Waals surface area contributed by atoms with Crippen LogP contribution in [0, 0.1) is 0 Å². The summed E-state index contributed by atoms with van der Waals surface area (Å²) in [4.78, 5) is 14.2. The van der Waals surface area contributed by atoms with Gasteiger partial charge in [0.15, 0.2) is 0 Å². The Morgan fingerprint density at radius 1 is 1.48 bits per heavy atom. The highest BCUT2D eigenvalue weighted by molar-refractivity contribution is 7.89. The van der Waals surface area contributed by atoms with Gasteiger partial charge in [-0.3, -0.25) is 4.98 Å². The van der Waals surface area contributed by atoms with Gasteiger partial charge < -0.3 is 9.84 Å². The summed E-state index contributed by atoms with van der Waals surface area (Å²) in [6, 6.07) is 1.34. The van der Waals surface area contributed by atoms with Crippen molar-refractivity contribution in [2.45, 2.75) is 24.3 Å². The molecule has 7 nitrogen and oxygen atoms in total. The molecule has 0 aliphatic heterocycles. The fourth-order valence-electron chi connectivity index (χ4n) is 1.27. The topological polar surface area (TPSA) is 106 Å². The largest absolute Gasteiger partial charge is 0.478 e. The fraction of sp³-hybridized carbons (Fsp3) is 0.385. The Labute approximate surface area is 123 Å². The standard InChI is InChI=1S/C13H18N2O5S/c1-13(2,20-3)9-15-21(18,19)11-6-10(7-14-8-11)4-5-12(16)17/h4-8,15H,9H2,1-3H3,(H,16,17)/b5-4+. The van der Waals surface area contributed by atoms with Crippen molar-refractivity contribution in [2.75, 3.05) is 13.7 Å². The van der Waals surface area contributed by atoms with Crippen LogP contribution in [0.1, 0.15) is 19.4 Å². The highest BCUT2D eigenvalue weighted by atomic mass is 32.2. The second kappa shape index (κ2) is 6.79. The van der Waals surface area contributed by atoms with Gasteiger partial charge in [0.1, 0.15) is 4.90 Å². The van der Waals surface area contributed by atoms with Gasteiger partial charge in [0.2, 0.25) is 10.0 Å². The first-order valence-electron chi connectivity index (χ1n) is 6.07. The molecule has 0 atom stereocenters. The van der Waals surface area contributed by atoms with E-state index < -0.39 is 21.6 Å². The number of nitrogens with one attached hydrogen (secondary N) is 1. The van der Waals surface area contributed by atoms with Gasteiger partial charge >= 0.3 is 5.97 Å². The summed E-state index contributed by atoms with van der Waals surface area (Å²) in [5.41, 5.74) is -0.257. The molecule has 0 amide bonds. The molecule has 0 bridgehead atoms. The average molecular weight is 314 g/mol. The smallest absolute Gasteiger partial charge is 0.328 e. The summed E-state index contributed by atoms with van der Waals surface area (Å²) >= 11 is 0. The molecular weight excluding hydrogens is 296 g/mol. The van der Waals surface area contributed by atoms with Crippen LogP contribution in [-0.2, 0) is 19.6 Å². The van der Waals surface area contributed by atoms with Gasteiger partial charge in [-0.2, -0.15) is 0 Å². The minimum absolute atomic E-state index is 0.0399. The van der Waals surface area contributed by atoms with Crippen molar-refractivity contribution < 1.29 is 23.1 Å². The zero-order chi connectivity index (χ0) is 16.1. The third kappa shape index (κ3) is 5.62. The lowest BCUT2D eigenvalue weighted by Gasteiger charge is -2.23. The Balaban J connectivity index is 2.94. The van der Waals surface area contributed by atoms with E-state index in [0.29, 0.717) is 5.56 Å². The van der Waals surface area contributed by atoms with Crippen LogP contribution in [0.15, 0.2) is 29.4 Å². The van der Waals surface area contributed by atoms with E-state index in [1.54, 1.807) is 13.8 Å². The molecule has 1 aromatic rings. The Bertz CT molecular complexity index is 638. The number of pyridine rings is 1. The molecular formula is C13H18N2O5S. The van der Waals surface area contributed by atoms with Crippen molar-refractivity contribution in [2.24, 2.45) is 0 Å². The maximum atomic E-state index is 12.1. The van der Waals surface area contributed by atoms with Gasteiger partial charge in [-0.1, -0.05) is 0 Å². The van der Waals surface area contributed by atoms with Crippen LogP contribution < -0.4 is 4.72 Å². The van der Waals surface area contributed by atoms with E-state index in [9.17, 15) is 13.2 Å². The molecule has 0 aliphatic rings. The second-order valence-corrected chi connectivity index (χ2v) is 6.68. The zero-order valence-electron chi connectivity index (χ0n) is 12.0. The number of hydrogen-bond acceptors (Lipinski definition) is 5. The van der Waals surface area contributed by atoms with E-state index in [1.165, 1.54) is 31.6 Å². The number of sulfonamides is 1. The summed E-state index contributed by atoms with van der Waals surface area (Å²) in [6.45, 7) is 3.60. The summed E-state index contributed by atoms with van der Waals surface area (Å²) in [7, 11) is -2.25. The van der Waals surface area contributed by atoms with E-state index in [1.807, 2.05) is 0 Å². The van der Waals surface area contributed by atoms with Crippen LogP contribution in [0.25, 0.3) is 6.08 Å². The number of carboxylic acids is 1. The lowest BCUT2D eigenvalue weighted by atomic mass is 10.1. The number of nitrogens with zero attached hydrogens (tertiary/aromatic N) is 1. The molecule has 0 unspecified atom stereocenters. The molecule has 0 radical (unpaired) electrons. The molecule has 0 saturated carbocycles. The molecule has 1 rings (SSSR count). The predicted molar refractivity (Wildman–Crippen MR) is 77.2 cm³/mol. The summed E-state index contributed by atoms with van der Waals surface area (Å²) < 4.78 is 31.8. The first kappa shape index (κ1) is 17.3. The number of rotatable bonds is 7. The minimum atomic E-state index is -3.74. The monoisotopic (exact) mass is 314 g/mol. The van der Waals surface area contributed by atoms with E-state index in [-0.39, 0.29) is 11.4 Å². The molecule has 0 fully saturated rings. The average Bonchev–Trinajstić information content (AvgIpc) is 2.44. The molecule has 8 heteroatoms.